The van der Waals surface area contributed by atoms with Crippen LogP contribution in [0, 0.1) is 0 Å². The van der Waals surface area contributed by atoms with E-state index in [2.05, 4.69) is 15.6 Å². The normalized spacial score (nSPS) is 11.1. The van der Waals surface area contributed by atoms with Gasteiger partial charge in [0.2, 0.25) is 0 Å². The molecule has 0 aliphatic heterocycles. The molecule has 0 spiro atoms. The van der Waals surface area contributed by atoms with E-state index < -0.39 is 0 Å². The molecule has 0 aliphatic rings. The van der Waals surface area contributed by atoms with E-state index in [1.165, 1.54) is 7.11 Å². The molecule has 2 aromatic heterocycles. The second-order valence-corrected chi connectivity index (χ2v) is 6.25. The average molecular weight is 351 g/mol. The van der Waals surface area contributed by atoms with Gasteiger partial charge >= 0.3 is 5.97 Å². The summed E-state index contributed by atoms with van der Waals surface area (Å²) < 4.78 is 6.96. The number of halogens is 1. The van der Waals surface area contributed by atoms with Gasteiger partial charge in [0.05, 0.1) is 18.2 Å². The van der Waals surface area contributed by atoms with Crippen LogP contribution in [0.25, 0.3) is 21.9 Å². The molecule has 0 radical (unpaired) electrons. The quantitative estimate of drug-likeness (QED) is 0.504. The minimum absolute atomic E-state index is 0.385. The molecule has 0 unspecified atom stereocenters. The van der Waals surface area contributed by atoms with E-state index in [-0.39, 0.29) is 5.97 Å². The van der Waals surface area contributed by atoms with E-state index in [1.807, 2.05) is 48.5 Å². The van der Waals surface area contributed by atoms with Gasteiger partial charge in [0, 0.05) is 28.5 Å². The van der Waals surface area contributed by atoms with E-state index >= 15 is 0 Å². The van der Waals surface area contributed by atoms with Crippen molar-refractivity contribution in [3.8, 4) is 0 Å². The van der Waals surface area contributed by atoms with Gasteiger partial charge in [0.1, 0.15) is 5.65 Å². The molecule has 0 N–H and O–H groups in total. The number of para-hydroxylation sites is 1. The van der Waals surface area contributed by atoms with Crippen molar-refractivity contribution in [3.05, 3.63) is 76.9 Å². The minimum Gasteiger partial charge on any atom is -0.465 e. The fourth-order valence-corrected chi connectivity index (χ4v) is 3.21. The summed E-state index contributed by atoms with van der Waals surface area (Å²) in [6, 6.07) is 17.7. The molecule has 124 valence electrons. The van der Waals surface area contributed by atoms with E-state index in [0.717, 1.165) is 27.5 Å². The molecule has 0 saturated heterocycles. The van der Waals surface area contributed by atoms with Gasteiger partial charge in [-0.1, -0.05) is 41.9 Å². The molecule has 4 aromatic rings. The number of benzene rings is 2. The first-order valence-electron chi connectivity index (χ1n) is 7.87. The van der Waals surface area contributed by atoms with Gasteiger partial charge in [-0.15, -0.1) is 0 Å². The Morgan fingerprint density at radius 3 is 2.64 bits per heavy atom. The number of methoxy groups -OCH3 is 1. The zero-order chi connectivity index (χ0) is 17.4. The molecule has 25 heavy (non-hydrogen) atoms. The highest BCUT2D eigenvalue weighted by atomic mass is 35.5. The first-order valence-corrected chi connectivity index (χ1v) is 8.25. The van der Waals surface area contributed by atoms with Gasteiger partial charge < -0.3 is 9.30 Å². The summed E-state index contributed by atoms with van der Waals surface area (Å²) in [5, 5.41) is 2.71. The number of pyridine rings is 1. The predicted molar refractivity (Wildman–Crippen MR) is 99.1 cm³/mol. The van der Waals surface area contributed by atoms with Crippen LogP contribution in [0.1, 0.15) is 15.9 Å². The molecule has 4 rings (SSSR count). The van der Waals surface area contributed by atoms with Crippen LogP contribution >= 0.6 is 11.6 Å². The van der Waals surface area contributed by atoms with Gasteiger partial charge in [0.15, 0.2) is 0 Å². The maximum absolute atomic E-state index is 11.8. The third-order valence-electron chi connectivity index (χ3n) is 4.28. The largest absolute Gasteiger partial charge is 0.465 e. The van der Waals surface area contributed by atoms with Gasteiger partial charge in [-0.2, -0.15) is 0 Å². The molecule has 2 aromatic carbocycles. The smallest absolute Gasteiger partial charge is 0.339 e. The van der Waals surface area contributed by atoms with E-state index in [1.54, 1.807) is 6.20 Å². The summed E-state index contributed by atoms with van der Waals surface area (Å²) in [4.78, 5) is 16.4. The SMILES string of the molecule is COC(=O)c1cnc2c(c1)c1ccccc1n2Cc1ccc(Cl)cc1. The Kier molecular flexibility index (Phi) is 3.90. The Balaban J connectivity index is 1.92. The van der Waals surface area contributed by atoms with Gasteiger partial charge in [-0.25, -0.2) is 9.78 Å². The summed E-state index contributed by atoms with van der Waals surface area (Å²) in [5.74, 6) is -0.385. The summed E-state index contributed by atoms with van der Waals surface area (Å²) in [6.45, 7) is 0.672. The van der Waals surface area contributed by atoms with Gasteiger partial charge in [-0.05, 0) is 29.8 Å². The van der Waals surface area contributed by atoms with Crippen LogP contribution in [-0.4, -0.2) is 22.6 Å². The third kappa shape index (κ3) is 2.75. The maximum atomic E-state index is 11.8. The standard InChI is InChI=1S/C20H15ClN2O2/c1-25-20(24)14-10-17-16-4-2-3-5-18(16)23(19(17)22-11-14)12-13-6-8-15(21)9-7-13/h2-11H,12H2,1H3. The summed E-state index contributed by atoms with van der Waals surface area (Å²) in [5.41, 5.74) is 3.49. The molecule has 5 heteroatoms. The highest BCUT2D eigenvalue weighted by Gasteiger charge is 2.15. The van der Waals surface area contributed by atoms with Gasteiger partial charge in [0.25, 0.3) is 0 Å². The summed E-state index contributed by atoms with van der Waals surface area (Å²) in [7, 11) is 1.37. The molecule has 0 fully saturated rings. The molecule has 0 atom stereocenters. The van der Waals surface area contributed by atoms with Crippen LogP contribution in [-0.2, 0) is 11.3 Å². The zero-order valence-electron chi connectivity index (χ0n) is 13.6. The minimum atomic E-state index is -0.385. The van der Waals surface area contributed by atoms with Crippen LogP contribution in [0.2, 0.25) is 5.02 Å². The van der Waals surface area contributed by atoms with Crippen LogP contribution < -0.4 is 0 Å². The highest BCUT2D eigenvalue weighted by Crippen LogP contribution is 2.29. The first-order chi connectivity index (χ1) is 12.2. The second kappa shape index (κ2) is 6.22. The topological polar surface area (TPSA) is 44.1 Å². The van der Waals surface area contributed by atoms with Crippen molar-refractivity contribution in [2.75, 3.05) is 7.11 Å². The molecular formula is C20H15ClN2O2. The summed E-state index contributed by atoms with van der Waals surface area (Å²) >= 11 is 5.98. The lowest BCUT2D eigenvalue weighted by atomic mass is 10.1. The van der Waals surface area contributed by atoms with Crippen molar-refractivity contribution in [3.63, 3.8) is 0 Å². The van der Waals surface area contributed by atoms with E-state index in [0.29, 0.717) is 17.1 Å². The lowest BCUT2D eigenvalue weighted by molar-refractivity contribution is 0.0600. The number of nitrogens with zero attached hydrogens (tertiary/aromatic N) is 2. The number of fused-ring (bicyclic) bond motifs is 3. The van der Waals surface area contributed by atoms with Crippen molar-refractivity contribution < 1.29 is 9.53 Å². The molecule has 0 amide bonds. The van der Waals surface area contributed by atoms with E-state index in [9.17, 15) is 4.79 Å². The number of hydrogen-bond donors (Lipinski definition) is 0. The number of carbonyl (C=O) groups excluding carboxylic acids is 1. The zero-order valence-corrected chi connectivity index (χ0v) is 14.3. The highest BCUT2D eigenvalue weighted by molar-refractivity contribution is 6.30. The molecule has 0 saturated carbocycles. The first kappa shape index (κ1) is 15.7. The molecule has 0 aliphatic carbocycles. The van der Waals surface area contributed by atoms with Crippen molar-refractivity contribution in [2.45, 2.75) is 6.54 Å². The maximum Gasteiger partial charge on any atom is 0.339 e. The Morgan fingerprint density at radius 1 is 1.12 bits per heavy atom. The predicted octanol–water partition coefficient (Wildman–Crippen LogP) is 4.68. The van der Waals surface area contributed by atoms with Crippen LogP contribution in [0.4, 0.5) is 0 Å². The lowest BCUT2D eigenvalue weighted by Crippen LogP contribution is -2.03. The Labute approximate surface area is 149 Å². The average Bonchev–Trinajstić information content (AvgIpc) is 2.96. The number of rotatable bonds is 3. The van der Waals surface area contributed by atoms with Crippen molar-refractivity contribution in [2.24, 2.45) is 0 Å². The number of aromatic nitrogens is 2. The molecule has 2 heterocycles. The summed E-state index contributed by atoms with van der Waals surface area (Å²) in [6.07, 6.45) is 1.56. The van der Waals surface area contributed by atoms with Crippen LogP contribution in [0.15, 0.2) is 60.8 Å². The lowest BCUT2D eigenvalue weighted by Gasteiger charge is -2.07. The number of ether oxygens (including phenoxy) is 1. The number of esters is 1. The number of hydrogen-bond acceptors (Lipinski definition) is 3. The van der Waals surface area contributed by atoms with E-state index in [4.69, 9.17) is 16.3 Å². The Hall–Kier alpha value is -2.85. The second-order valence-electron chi connectivity index (χ2n) is 5.82. The van der Waals surface area contributed by atoms with Crippen molar-refractivity contribution in [1.29, 1.82) is 0 Å². The Bertz CT molecular complexity index is 1080. The van der Waals surface area contributed by atoms with Gasteiger partial charge in [-0.3, -0.25) is 0 Å². The van der Waals surface area contributed by atoms with Crippen LogP contribution in [0.3, 0.4) is 0 Å². The monoisotopic (exact) mass is 350 g/mol. The fraction of sp³-hybridized carbons (Fsp3) is 0.100. The van der Waals surface area contributed by atoms with Crippen molar-refractivity contribution >= 4 is 39.5 Å². The fourth-order valence-electron chi connectivity index (χ4n) is 3.08. The van der Waals surface area contributed by atoms with Crippen molar-refractivity contribution in [1.82, 2.24) is 9.55 Å². The Morgan fingerprint density at radius 2 is 1.88 bits per heavy atom. The molecule has 0 bridgehead atoms. The molecular weight excluding hydrogens is 336 g/mol. The third-order valence-corrected chi connectivity index (χ3v) is 4.53. The van der Waals surface area contributed by atoms with Crippen LogP contribution in [0.5, 0.6) is 0 Å². The molecule has 4 nitrogen and oxygen atoms in total. The number of carbonyl (C=O) groups is 1.